The number of aryl methyl sites for hydroxylation is 1. The van der Waals surface area contributed by atoms with Crippen LogP contribution in [0.25, 0.3) is 0 Å². The quantitative estimate of drug-likeness (QED) is 0.777. The SMILES string of the molecule is CN(CC(=O)N[C@@H]1CCCCNC1=O)Cc1cnn(C)c1. The van der Waals surface area contributed by atoms with Crippen LogP contribution in [0.3, 0.4) is 0 Å². The highest BCUT2D eigenvalue weighted by Crippen LogP contribution is 2.06. The molecule has 116 valence electrons. The van der Waals surface area contributed by atoms with Crippen molar-refractivity contribution in [2.24, 2.45) is 7.05 Å². The van der Waals surface area contributed by atoms with E-state index < -0.39 is 6.04 Å². The van der Waals surface area contributed by atoms with Crippen molar-refractivity contribution in [1.29, 1.82) is 0 Å². The minimum Gasteiger partial charge on any atom is -0.354 e. The molecule has 2 rings (SSSR count). The summed E-state index contributed by atoms with van der Waals surface area (Å²) in [5, 5.41) is 9.73. The van der Waals surface area contributed by atoms with Gasteiger partial charge in [-0.3, -0.25) is 19.2 Å². The van der Waals surface area contributed by atoms with Gasteiger partial charge >= 0.3 is 0 Å². The van der Waals surface area contributed by atoms with Crippen LogP contribution in [-0.4, -0.2) is 52.7 Å². The third-order valence-electron chi connectivity index (χ3n) is 3.49. The first-order valence-electron chi connectivity index (χ1n) is 7.28. The van der Waals surface area contributed by atoms with E-state index in [0.717, 1.165) is 18.4 Å². The van der Waals surface area contributed by atoms with Gasteiger partial charge in [-0.15, -0.1) is 0 Å². The molecule has 0 unspecified atom stereocenters. The molecule has 0 spiro atoms. The van der Waals surface area contributed by atoms with E-state index in [4.69, 9.17) is 0 Å². The Bertz CT molecular complexity index is 499. The predicted molar refractivity (Wildman–Crippen MR) is 78.3 cm³/mol. The fourth-order valence-corrected chi connectivity index (χ4v) is 2.48. The van der Waals surface area contributed by atoms with Crippen molar-refractivity contribution in [3.8, 4) is 0 Å². The molecule has 0 bridgehead atoms. The Morgan fingerprint density at radius 1 is 1.57 bits per heavy atom. The standard InChI is InChI=1S/C14H23N5O2/c1-18(8-11-7-16-19(2)9-11)10-13(20)17-12-5-3-4-6-15-14(12)21/h7,9,12H,3-6,8,10H2,1-2H3,(H,15,21)(H,17,20)/t12-/m1/s1. The molecule has 0 aromatic carbocycles. The number of carbonyl (C=O) groups excluding carboxylic acids is 2. The van der Waals surface area contributed by atoms with Gasteiger partial charge in [0.2, 0.25) is 11.8 Å². The van der Waals surface area contributed by atoms with Crippen molar-refractivity contribution in [3.05, 3.63) is 18.0 Å². The Morgan fingerprint density at radius 3 is 3.10 bits per heavy atom. The number of rotatable bonds is 5. The second-order valence-electron chi connectivity index (χ2n) is 5.60. The number of amides is 2. The highest BCUT2D eigenvalue weighted by molar-refractivity contribution is 5.88. The Hall–Kier alpha value is -1.89. The van der Waals surface area contributed by atoms with Crippen LogP contribution < -0.4 is 10.6 Å². The van der Waals surface area contributed by atoms with Gasteiger partial charge in [-0.2, -0.15) is 5.10 Å². The molecule has 1 aromatic heterocycles. The summed E-state index contributed by atoms with van der Waals surface area (Å²) in [7, 11) is 3.74. The van der Waals surface area contributed by atoms with E-state index >= 15 is 0 Å². The number of hydrogen-bond acceptors (Lipinski definition) is 4. The maximum Gasteiger partial charge on any atom is 0.242 e. The number of hydrogen-bond donors (Lipinski definition) is 2. The van der Waals surface area contributed by atoms with Crippen LogP contribution in [0.5, 0.6) is 0 Å². The first-order valence-corrected chi connectivity index (χ1v) is 7.28. The molecule has 0 aliphatic carbocycles. The van der Waals surface area contributed by atoms with Crippen LogP contribution in [0, 0.1) is 0 Å². The van der Waals surface area contributed by atoms with Crippen molar-refractivity contribution in [3.63, 3.8) is 0 Å². The lowest BCUT2D eigenvalue weighted by Gasteiger charge is -2.19. The van der Waals surface area contributed by atoms with Crippen LogP contribution in [0.1, 0.15) is 24.8 Å². The number of nitrogens with one attached hydrogen (secondary N) is 2. The summed E-state index contributed by atoms with van der Waals surface area (Å²) in [5.74, 6) is -0.195. The van der Waals surface area contributed by atoms with Crippen molar-refractivity contribution in [1.82, 2.24) is 25.3 Å². The molecule has 1 aliphatic rings. The Labute approximate surface area is 124 Å². The molecule has 2 N–H and O–H groups in total. The van der Waals surface area contributed by atoms with Gasteiger partial charge < -0.3 is 10.6 Å². The zero-order valence-corrected chi connectivity index (χ0v) is 12.6. The lowest BCUT2D eigenvalue weighted by atomic mass is 10.1. The summed E-state index contributed by atoms with van der Waals surface area (Å²) >= 11 is 0. The van der Waals surface area contributed by atoms with Gasteiger partial charge in [0, 0.05) is 31.9 Å². The number of likely N-dealkylation sites (N-methyl/N-ethyl adjacent to an activating group) is 1. The van der Waals surface area contributed by atoms with Gasteiger partial charge in [-0.25, -0.2) is 0 Å². The first-order chi connectivity index (χ1) is 10.0. The van der Waals surface area contributed by atoms with Gasteiger partial charge in [-0.05, 0) is 26.3 Å². The van der Waals surface area contributed by atoms with Gasteiger partial charge in [0.05, 0.1) is 12.7 Å². The number of carbonyl (C=O) groups is 2. The molecule has 7 heteroatoms. The molecular weight excluding hydrogens is 270 g/mol. The lowest BCUT2D eigenvalue weighted by molar-refractivity contribution is -0.129. The molecule has 2 heterocycles. The van der Waals surface area contributed by atoms with Crippen molar-refractivity contribution >= 4 is 11.8 Å². The maximum absolute atomic E-state index is 12.0. The predicted octanol–water partition coefficient (Wildman–Crippen LogP) is -0.363. The monoisotopic (exact) mass is 293 g/mol. The molecule has 1 aromatic rings. The average Bonchev–Trinajstić information content (AvgIpc) is 2.70. The number of aromatic nitrogens is 2. The van der Waals surface area contributed by atoms with Crippen LogP contribution in [0.15, 0.2) is 12.4 Å². The van der Waals surface area contributed by atoms with Gasteiger partial charge in [-0.1, -0.05) is 0 Å². The molecular formula is C14H23N5O2. The Morgan fingerprint density at radius 2 is 2.38 bits per heavy atom. The van der Waals surface area contributed by atoms with E-state index in [1.54, 1.807) is 10.9 Å². The van der Waals surface area contributed by atoms with E-state index in [-0.39, 0.29) is 18.4 Å². The highest BCUT2D eigenvalue weighted by atomic mass is 16.2. The van der Waals surface area contributed by atoms with Crippen LogP contribution in [0.4, 0.5) is 0 Å². The molecule has 1 saturated heterocycles. The molecule has 7 nitrogen and oxygen atoms in total. The zero-order chi connectivity index (χ0) is 15.2. The first kappa shape index (κ1) is 15.5. The van der Waals surface area contributed by atoms with Gasteiger partial charge in [0.25, 0.3) is 0 Å². The van der Waals surface area contributed by atoms with E-state index in [9.17, 15) is 9.59 Å². The molecule has 1 fully saturated rings. The fraction of sp³-hybridized carbons (Fsp3) is 0.643. The summed E-state index contributed by atoms with van der Waals surface area (Å²) in [6, 6.07) is -0.396. The highest BCUT2D eigenvalue weighted by Gasteiger charge is 2.22. The third kappa shape index (κ3) is 4.86. The second kappa shape index (κ2) is 7.21. The normalized spacial score (nSPS) is 19.2. The Balaban J connectivity index is 1.79. The topological polar surface area (TPSA) is 79.3 Å². The summed E-state index contributed by atoms with van der Waals surface area (Å²) in [6.07, 6.45) is 6.35. The van der Waals surface area contributed by atoms with Crippen molar-refractivity contribution < 1.29 is 9.59 Å². The molecule has 0 saturated carbocycles. The van der Waals surface area contributed by atoms with E-state index in [1.165, 1.54) is 0 Å². The molecule has 1 aliphatic heterocycles. The summed E-state index contributed by atoms with van der Waals surface area (Å²) < 4.78 is 1.74. The summed E-state index contributed by atoms with van der Waals surface area (Å²) in [5.41, 5.74) is 1.06. The maximum atomic E-state index is 12.0. The van der Waals surface area contributed by atoms with Crippen LogP contribution in [0.2, 0.25) is 0 Å². The molecule has 1 atom stereocenters. The lowest BCUT2D eigenvalue weighted by Crippen LogP contribution is -2.48. The minimum atomic E-state index is -0.396. The number of nitrogens with zero attached hydrogens (tertiary/aromatic N) is 3. The summed E-state index contributed by atoms with van der Waals surface area (Å²) in [6.45, 7) is 1.61. The van der Waals surface area contributed by atoms with Crippen molar-refractivity contribution in [2.75, 3.05) is 20.1 Å². The van der Waals surface area contributed by atoms with Crippen LogP contribution >= 0.6 is 0 Å². The molecule has 21 heavy (non-hydrogen) atoms. The summed E-state index contributed by atoms with van der Waals surface area (Å²) in [4.78, 5) is 25.7. The smallest absolute Gasteiger partial charge is 0.242 e. The van der Waals surface area contributed by atoms with E-state index in [0.29, 0.717) is 19.5 Å². The molecule has 0 radical (unpaired) electrons. The zero-order valence-electron chi connectivity index (χ0n) is 12.6. The third-order valence-corrected chi connectivity index (χ3v) is 3.49. The average molecular weight is 293 g/mol. The minimum absolute atomic E-state index is 0.0734. The van der Waals surface area contributed by atoms with Crippen LogP contribution in [-0.2, 0) is 23.2 Å². The second-order valence-corrected chi connectivity index (χ2v) is 5.60. The van der Waals surface area contributed by atoms with E-state index in [2.05, 4.69) is 15.7 Å². The van der Waals surface area contributed by atoms with Gasteiger partial charge in [0.1, 0.15) is 6.04 Å². The fourth-order valence-electron chi connectivity index (χ4n) is 2.48. The van der Waals surface area contributed by atoms with E-state index in [1.807, 2.05) is 25.2 Å². The molecule has 2 amide bonds. The Kier molecular flexibility index (Phi) is 5.32. The van der Waals surface area contributed by atoms with Crippen molar-refractivity contribution in [2.45, 2.75) is 31.8 Å². The largest absolute Gasteiger partial charge is 0.354 e. The van der Waals surface area contributed by atoms with Gasteiger partial charge in [0.15, 0.2) is 0 Å².